The van der Waals surface area contributed by atoms with Crippen molar-refractivity contribution in [2.24, 2.45) is 11.5 Å². The van der Waals surface area contributed by atoms with Gasteiger partial charge in [-0.2, -0.15) is 13.2 Å². The van der Waals surface area contributed by atoms with E-state index >= 15 is 0 Å². The molecule has 0 unspecified atom stereocenters. The van der Waals surface area contributed by atoms with E-state index in [1.807, 2.05) is 0 Å². The van der Waals surface area contributed by atoms with Gasteiger partial charge in [-0.15, -0.1) is 0 Å². The zero-order valence-electron chi connectivity index (χ0n) is 7.82. The Balaban J connectivity index is 4.58. The molecule has 0 bridgehead atoms. The highest BCUT2D eigenvalue weighted by molar-refractivity contribution is 8.06. The van der Waals surface area contributed by atoms with Gasteiger partial charge in [0.15, 0.2) is 0 Å². The number of hydrogen-bond donors (Lipinski definition) is 2. The molecule has 0 atom stereocenters. The Bertz CT molecular complexity index is 245. The van der Waals surface area contributed by atoms with E-state index < -0.39 is 11.1 Å². The van der Waals surface area contributed by atoms with Gasteiger partial charge in [0.1, 0.15) is 0 Å². The van der Waals surface area contributed by atoms with Crippen LogP contribution in [0.15, 0.2) is 22.1 Å². The van der Waals surface area contributed by atoms with Crippen molar-refractivity contribution in [3.8, 4) is 0 Å². The number of thioether (sulfide) groups is 1. The van der Waals surface area contributed by atoms with Crippen LogP contribution in [-0.4, -0.2) is 12.7 Å². The second-order valence-electron chi connectivity index (χ2n) is 2.53. The van der Waals surface area contributed by atoms with Crippen LogP contribution in [0.1, 0.15) is 13.3 Å². The predicted molar refractivity (Wildman–Crippen MR) is 53.3 cm³/mol. The number of nitrogens with two attached hydrogens (primary N) is 2. The van der Waals surface area contributed by atoms with Crippen LogP contribution in [0.2, 0.25) is 0 Å². The van der Waals surface area contributed by atoms with Crippen molar-refractivity contribution in [2.75, 3.05) is 6.54 Å². The highest BCUT2D eigenvalue weighted by Gasteiger charge is 2.33. The van der Waals surface area contributed by atoms with Crippen molar-refractivity contribution in [1.29, 1.82) is 0 Å². The fourth-order valence-electron chi connectivity index (χ4n) is 0.685. The topological polar surface area (TPSA) is 52.0 Å². The molecule has 0 aliphatic carbocycles. The minimum Gasteiger partial charge on any atom is -0.400 e. The molecule has 2 nitrogen and oxygen atoms in total. The Morgan fingerprint density at radius 3 is 2.21 bits per heavy atom. The molecule has 0 radical (unpaired) electrons. The Morgan fingerprint density at radius 1 is 1.43 bits per heavy atom. The Hall–Kier alpha value is -0.620. The molecular weight excluding hydrogens is 213 g/mol. The molecule has 0 aromatic carbocycles. The molecule has 82 valence electrons. The van der Waals surface area contributed by atoms with Crippen molar-refractivity contribution in [2.45, 2.75) is 19.5 Å². The van der Waals surface area contributed by atoms with E-state index in [0.717, 1.165) is 0 Å². The van der Waals surface area contributed by atoms with Crippen molar-refractivity contribution in [3.63, 3.8) is 0 Å². The fourth-order valence-corrected chi connectivity index (χ4v) is 1.46. The van der Waals surface area contributed by atoms with Crippen LogP contribution in [0.5, 0.6) is 0 Å². The van der Waals surface area contributed by atoms with E-state index in [2.05, 4.69) is 6.58 Å². The zero-order valence-corrected chi connectivity index (χ0v) is 8.63. The number of alkyl halides is 3. The summed E-state index contributed by atoms with van der Waals surface area (Å²) in [7, 11) is 0. The monoisotopic (exact) mass is 226 g/mol. The molecule has 0 aromatic heterocycles. The van der Waals surface area contributed by atoms with Gasteiger partial charge in [-0.05, 0) is 6.42 Å². The van der Waals surface area contributed by atoms with E-state index in [4.69, 9.17) is 11.5 Å². The van der Waals surface area contributed by atoms with Crippen LogP contribution >= 0.6 is 11.8 Å². The zero-order chi connectivity index (χ0) is 11.4. The molecule has 6 heteroatoms. The molecule has 0 saturated carbocycles. The van der Waals surface area contributed by atoms with E-state index in [1.165, 1.54) is 0 Å². The van der Waals surface area contributed by atoms with Crippen molar-refractivity contribution >= 4 is 11.8 Å². The third-order valence-corrected chi connectivity index (χ3v) is 2.74. The van der Waals surface area contributed by atoms with Crippen molar-refractivity contribution < 1.29 is 13.2 Å². The Labute approximate surface area is 85.2 Å². The van der Waals surface area contributed by atoms with Gasteiger partial charge in [0.2, 0.25) is 0 Å². The smallest absolute Gasteiger partial charge is 0.400 e. The molecular formula is C8H13F3N2S. The average molecular weight is 226 g/mol. The SMILES string of the molecule is C=C(S/C(CC)=C(\N)CN)C(F)(F)F. The summed E-state index contributed by atoms with van der Waals surface area (Å²) in [5, 5.41) is 0. The molecule has 4 N–H and O–H groups in total. The summed E-state index contributed by atoms with van der Waals surface area (Å²) in [6, 6.07) is 0. The second-order valence-corrected chi connectivity index (χ2v) is 3.72. The van der Waals surface area contributed by atoms with E-state index in [1.54, 1.807) is 6.92 Å². The normalized spacial score (nSPS) is 13.8. The molecule has 0 aliphatic heterocycles. The lowest BCUT2D eigenvalue weighted by Gasteiger charge is -2.12. The number of hydrogen-bond acceptors (Lipinski definition) is 3. The molecule has 0 aliphatic rings. The summed E-state index contributed by atoms with van der Waals surface area (Å²) < 4.78 is 36.3. The maximum atomic E-state index is 12.1. The Morgan fingerprint density at radius 2 is 1.93 bits per heavy atom. The number of halogens is 3. The van der Waals surface area contributed by atoms with Crippen LogP contribution in [0, 0.1) is 0 Å². The van der Waals surface area contributed by atoms with Gasteiger partial charge in [0.25, 0.3) is 0 Å². The molecule has 0 rings (SSSR count). The lowest BCUT2D eigenvalue weighted by molar-refractivity contribution is -0.0832. The molecule has 0 aromatic rings. The van der Waals surface area contributed by atoms with Gasteiger partial charge in [-0.25, -0.2) is 0 Å². The first-order chi connectivity index (χ1) is 6.32. The van der Waals surface area contributed by atoms with Gasteiger partial charge >= 0.3 is 6.18 Å². The van der Waals surface area contributed by atoms with E-state index in [0.29, 0.717) is 23.1 Å². The third kappa shape index (κ3) is 4.06. The van der Waals surface area contributed by atoms with Gasteiger partial charge in [-0.3, -0.25) is 0 Å². The van der Waals surface area contributed by atoms with Crippen LogP contribution in [0.3, 0.4) is 0 Å². The van der Waals surface area contributed by atoms with Gasteiger partial charge in [-0.1, -0.05) is 25.3 Å². The highest BCUT2D eigenvalue weighted by Crippen LogP contribution is 2.38. The molecule has 0 spiro atoms. The summed E-state index contributed by atoms with van der Waals surface area (Å²) in [5.74, 6) is 0. The quantitative estimate of drug-likeness (QED) is 0.773. The first-order valence-corrected chi connectivity index (χ1v) is 4.76. The summed E-state index contributed by atoms with van der Waals surface area (Å²) in [6.45, 7) is 4.71. The second kappa shape index (κ2) is 5.31. The molecule has 0 fully saturated rings. The molecule has 0 heterocycles. The Kier molecular flexibility index (Phi) is 5.07. The number of allylic oxidation sites excluding steroid dienone is 2. The summed E-state index contributed by atoms with van der Waals surface area (Å²) in [4.78, 5) is -0.444. The summed E-state index contributed by atoms with van der Waals surface area (Å²) in [5.41, 5.74) is 11.0. The minimum atomic E-state index is -4.39. The van der Waals surface area contributed by atoms with Crippen molar-refractivity contribution in [3.05, 3.63) is 22.1 Å². The fraction of sp³-hybridized carbons (Fsp3) is 0.500. The molecule has 0 amide bonds. The van der Waals surface area contributed by atoms with E-state index in [9.17, 15) is 13.2 Å². The maximum absolute atomic E-state index is 12.1. The summed E-state index contributed by atoms with van der Waals surface area (Å²) in [6.07, 6.45) is -3.97. The van der Waals surface area contributed by atoms with Crippen LogP contribution in [0.4, 0.5) is 13.2 Å². The van der Waals surface area contributed by atoms with Crippen molar-refractivity contribution in [1.82, 2.24) is 0 Å². The third-order valence-electron chi connectivity index (χ3n) is 1.46. The van der Waals surface area contributed by atoms with Gasteiger partial charge in [0, 0.05) is 17.1 Å². The molecule has 14 heavy (non-hydrogen) atoms. The van der Waals surface area contributed by atoms with Gasteiger partial charge in [0.05, 0.1) is 4.91 Å². The van der Waals surface area contributed by atoms with E-state index in [-0.39, 0.29) is 12.2 Å². The standard InChI is InChI=1S/C8H13F3N2S/c1-3-7(6(13)4-12)14-5(2)8(9,10)11/h2-4,12-13H2,1H3/b7-6-. The first-order valence-electron chi connectivity index (χ1n) is 3.94. The van der Waals surface area contributed by atoms with Crippen LogP contribution < -0.4 is 11.5 Å². The predicted octanol–water partition coefficient (Wildman–Crippen LogP) is 2.33. The minimum absolute atomic E-state index is 0.0569. The lowest BCUT2D eigenvalue weighted by Crippen LogP contribution is -2.14. The highest BCUT2D eigenvalue weighted by atomic mass is 32.2. The maximum Gasteiger partial charge on any atom is 0.422 e. The lowest BCUT2D eigenvalue weighted by atomic mass is 10.3. The molecule has 0 saturated heterocycles. The number of rotatable bonds is 4. The largest absolute Gasteiger partial charge is 0.422 e. The van der Waals surface area contributed by atoms with Crippen LogP contribution in [-0.2, 0) is 0 Å². The van der Waals surface area contributed by atoms with Gasteiger partial charge < -0.3 is 11.5 Å². The van der Waals surface area contributed by atoms with Crippen LogP contribution in [0.25, 0.3) is 0 Å². The average Bonchev–Trinajstić information content (AvgIpc) is 2.10. The first kappa shape index (κ1) is 13.4. The summed E-state index contributed by atoms with van der Waals surface area (Å²) >= 11 is 0.539.